The van der Waals surface area contributed by atoms with Gasteiger partial charge in [-0.05, 0) is 25.0 Å². The number of nitrogens with zero attached hydrogens (tertiary/aromatic N) is 3. The quantitative estimate of drug-likeness (QED) is 0.840. The van der Waals surface area contributed by atoms with E-state index in [9.17, 15) is 8.42 Å². The summed E-state index contributed by atoms with van der Waals surface area (Å²) in [5.41, 5.74) is 0. The molecule has 1 atom stereocenters. The maximum Gasteiger partial charge on any atom is 0.241 e. The molecule has 0 aliphatic carbocycles. The molecular weight excluding hydrogens is 348 g/mol. The first-order valence-corrected chi connectivity index (χ1v) is 9.40. The van der Waals surface area contributed by atoms with Crippen molar-refractivity contribution in [3.8, 4) is 11.5 Å². The van der Waals surface area contributed by atoms with E-state index in [1.54, 1.807) is 17.9 Å². The monoisotopic (exact) mass is 366 g/mol. The Balaban J connectivity index is 1.60. The number of fused-ring (bicyclic) bond motifs is 2. The Morgan fingerprint density at radius 2 is 2.20 bits per heavy atom. The maximum atomic E-state index is 12.8. The number of hydrogen-bond acceptors (Lipinski definition) is 7. The fraction of sp³-hybridized carbons (Fsp3) is 0.467. The van der Waals surface area contributed by atoms with Crippen molar-refractivity contribution in [3.63, 3.8) is 0 Å². The highest BCUT2D eigenvalue weighted by atomic mass is 32.2. The van der Waals surface area contributed by atoms with E-state index in [2.05, 4.69) is 14.8 Å². The predicted octanol–water partition coefficient (Wildman–Crippen LogP) is 0.967. The van der Waals surface area contributed by atoms with Gasteiger partial charge in [-0.2, -0.15) is 5.10 Å². The molecule has 1 aromatic heterocycles. The molecule has 0 saturated carbocycles. The van der Waals surface area contributed by atoms with Crippen LogP contribution in [0.15, 0.2) is 23.1 Å². The van der Waals surface area contributed by atoms with Crippen molar-refractivity contribution in [2.24, 2.45) is 0 Å². The van der Waals surface area contributed by atoms with E-state index >= 15 is 0 Å². The van der Waals surface area contributed by atoms with Gasteiger partial charge < -0.3 is 14.2 Å². The van der Waals surface area contributed by atoms with Crippen LogP contribution in [0.25, 0.3) is 0 Å². The second-order valence-corrected chi connectivity index (χ2v) is 7.59. The first-order chi connectivity index (χ1) is 12.1. The molecule has 25 heavy (non-hydrogen) atoms. The van der Waals surface area contributed by atoms with E-state index in [-0.39, 0.29) is 11.7 Å². The summed E-state index contributed by atoms with van der Waals surface area (Å²) in [6, 6.07) is 4.13. The highest BCUT2D eigenvalue weighted by molar-refractivity contribution is 7.89. The number of rotatable bonds is 5. The molecule has 10 heteroatoms. The van der Waals surface area contributed by atoms with Crippen molar-refractivity contribution in [2.75, 3.05) is 13.9 Å². The van der Waals surface area contributed by atoms with Gasteiger partial charge in [-0.15, -0.1) is 0 Å². The lowest BCUT2D eigenvalue weighted by Gasteiger charge is -2.23. The van der Waals surface area contributed by atoms with Crippen LogP contribution in [0, 0.1) is 0 Å². The van der Waals surface area contributed by atoms with E-state index in [4.69, 9.17) is 14.2 Å². The Bertz CT molecular complexity index is 895. The Hall–Kier alpha value is -2.17. The lowest BCUT2D eigenvalue weighted by molar-refractivity contribution is 0.174. The second-order valence-electron chi connectivity index (χ2n) is 5.87. The van der Waals surface area contributed by atoms with Gasteiger partial charge in [0.2, 0.25) is 16.8 Å². The molecule has 0 radical (unpaired) electrons. The minimum atomic E-state index is -3.73. The normalized spacial score (nSPS) is 19.0. The molecular formula is C15H18N4O5S. The van der Waals surface area contributed by atoms with Crippen molar-refractivity contribution in [3.05, 3.63) is 29.8 Å². The molecule has 134 valence electrons. The summed E-state index contributed by atoms with van der Waals surface area (Å²) >= 11 is 0. The van der Waals surface area contributed by atoms with Crippen molar-refractivity contribution in [2.45, 2.75) is 36.9 Å². The first kappa shape index (κ1) is 16.3. The van der Waals surface area contributed by atoms with E-state index < -0.39 is 16.1 Å². The van der Waals surface area contributed by atoms with Crippen LogP contribution in [0.2, 0.25) is 0 Å². The molecule has 0 saturated heterocycles. The summed E-state index contributed by atoms with van der Waals surface area (Å²) in [5.74, 6) is 2.13. The topological polar surface area (TPSA) is 105 Å². The summed E-state index contributed by atoms with van der Waals surface area (Å²) in [6.07, 6.45) is 1.48. The zero-order chi connectivity index (χ0) is 17.4. The summed E-state index contributed by atoms with van der Waals surface area (Å²) in [4.78, 5) is 4.54. The number of aromatic nitrogens is 3. The van der Waals surface area contributed by atoms with E-state index in [0.717, 1.165) is 6.42 Å². The summed E-state index contributed by atoms with van der Waals surface area (Å²) in [6.45, 7) is 1.11. The molecule has 0 spiro atoms. The summed E-state index contributed by atoms with van der Waals surface area (Å²) < 4.78 is 45.5. The van der Waals surface area contributed by atoms with Gasteiger partial charge in [-0.3, -0.25) is 0 Å². The Labute approximate surface area is 145 Å². The number of nitrogens with one attached hydrogen (secondary N) is 1. The van der Waals surface area contributed by atoms with Crippen molar-refractivity contribution < 1.29 is 22.6 Å². The van der Waals surface area contributed by atoms with Gasteiger partial charge in [0, 0.05) is 19.7 Å². The van der Waals surface area contributed by atoms with Crippen molar-refractivity contribution in [1.82, 2.24) is 19.5 Å². The van der Waals surface area contributed by atoms with Crippen LogP contribution in [0.5, 0.6) is 11.5 Å². The Morgan fingerprint density at radius 3 is 3.04 bits per heavy atom. The number of sulfonamides is 1. The van der Waals surface area contributed by atoms with Crippen LogP contribution in [0.4, 0.5) is 0 Å². The molecule has 2 aromatic rings. The third kappa shape index (κ3) is 3.08. The van der Waals surface area contributed by atoms with E-state index in [1.165, 1.54) is 12.1 Å². The molecule has 0 unspecified atom stereocenters. The van der Waals surface area contributed by atoms with Crippen LogP contribution >= 0.6 is 0 Å². The zero-order valence-electron chi connectivity index (χ0n) is 13.6. The number of hydrogen-bond donors (Lipinski definition) is 1. The summed E-state index contributed by atoms with van der Waals surface area (Å²) in [5, 5.41) is 4.35. The average molecular weight is 366 g/mol. The highest BCUT2D eigenvalue weighted by Crippen LogP contribution is 2.34. The van der Waals surface area contributed by atoms with E-state index in [0.29, 0.717) is 42.7 Å². The molecule has 1 N–H and O–H groups in total. The van der Waals surface area contributed by atoms with Crippen molar-refractivity contribution in [1.29, 1.82) is 0 Å². The molecule has 0 bridgehead atoms. The number of methoxy groups -OCH3 is 1. The van der Waals surface area contributed by atoms with Gasteiger partial charge in [-0.25, -0.2) is 22.8 Å². The second kappa shape index (κ2) is 6.28. The highest BCUT2D eigenvalue weighted by Gasteiger charge is 2.29. The lowest BCUT2D eigenvalue weighted by atomic mass is 10.1. The predicted molar refractivity (Wildman–Crippen MR) is 85.6 cm³/mol. The molecule has 0 fully saturated rings. The van der Waals surface area contributed by atoms with E-state index in [1.807, 2.05) is 0 Å². The zero-order valence-corrected chi connectivity index (χ0v) is 14.5. The fourth-order valence-corrected chi connectivity index (χ4v) is 4.24. The third-order valence-electron chi connectivity index (χ3n) is 4.14. The molecule has 2 aliphatic rings. The smallest absolute Gasteiger partial charge is 0.241 e. The van der Waals surface area contributed by atoms with Crippen LogP contribution < -0.4 is 14.2 Å². The SMILES string of the molecule is COCc1nc2n(n1)CCC[C@@H]2NS(=O)(=O)c1ccc2c(c1)OCO2. The number of aryl methyl sites for hydroxylation is 1. The fourth-order valence-electron chi connectivity index (χ4n) is 3.00. The van der Waals surface area contributed by atoms with Gasteiger partial charge in [0.15, 0.2) is 17.3 Å². The standard InChI is InChI=1S/C15H18N4O5S/c1-22-8-14-16-15-11(3-2-6-19(15)17-14)18-25(20,21)10-4-5-12-13(7-10)24-9-23-12/h4-5,7,11,18H,2-3,6,8-9H2,1H3/t11-/m0/s1. The lowest BCUT2D eigenvalue weighted by Crippen LogP contribution is -2.33. The van der Waals surface area contributed by atoms with Crippen molar-refractivity contribution >= 4 is 10.0 Å². The van der Waals surface area contributed by atoms with Gasteiger partial charge >= 0.3 is 0 Å². The van der Waals surface area contributed by atoms with Crippen LogP contribution in [0.3, 0.4) is 0 Å². The minimum absolute atomic E-state index is 0.0975. The Kier molecular flexibility index (Phi) is 4.10. The Morgan fingerprint density at radius 1 is 1.36 bits per heavy atom. The third-order valence-corrected chi connectivity index (χ3v) is 5.61. The first-order valence-electron chi connectivity index (χ1n) is 7.91. The van der Waals surface area contributed by atoms with Crippen LogP contribution in [-0.2, 0) is 27.9 Å². The molecule has 4 rings (SSSR count). The molecule has 1 aromatic carbocycles. The average Bonchev–Trinajstić information content (AvgIpc) is 3.20. The van der Waals surface area contributed by atoms with Gasteiger partial charge in [0.05, 0.1) is 10.9 Å². The largest absolute Gasteiger partial charge is 0.454 e. The maximum absolute atomic E-state index is 12.8. The van der Waals surface area contributed by atoms with Gasteiger partial charge in [-0.1, -0.05) is 0 Å². The molecule has 9 nitrogen and oxygen atoms in total. The molecule has 3 heterocycles. The van der Waals surface area contributed by atoms with Gasteiger partial charge in [0.1, 0.15) is 12.4 Å². The molecule has 0 amide bonds. The van der Waals surface area contributed by atoms with Crippen LogP contribution in [0.1, 0.15) is 30.5 Å². The minimum Gasteiger partial charge on any atom is -0.454 e. The number of ether oxygens (including phenoxy) is 3. The molecule has 2 aliphatic heterocycles. The summed E-state index contributed by atoms with van der Waals surface area (Å²) in [7, 11) is -2.16. The van der Waals surface area contributed by atoms with Gasteiger partial charge in [0.25, 0.3) is 0 Å². The van der Waals surface area contributed by atoms with Crippen LogP contribution in [-0.4, -0.2) is 37.1 Å². The number of benzene rings is 1.